The fourth-order valence-electron chi connectivity index (χ4n) is 2.81. The normalized spacial score (nSPS) is 15.0. The van der Waals surface area contributed by atoms with Crippen molar-refractivity contribution in [2.24, 2.45) is 0 Å². The second-order valence-electron chi connectivity index (χ2n) is 6.09. The molecular formula is C17H21N3O4S. The number of carbonyl (C=O) groups excluding carboxylic acids is 2. The summed E-state index contributed by atoms with van der Waals surface area (Å²) in [5.41, 5.74) is 0.891. The molecule has 2 aromatic rings. The molecule has 1 aliphatic carbocycles. The maximum Gasteiger partial charge on any atom is 0.306 e. The Bertz CT molecular complexity index is 693. The number of hydrogen-bond acceptors (Lipinski definition) is 7. The molecule has 0 unspecified atom stereocenters. The van der Waals surface area contributed by atoms with Crippen LogP contribution in [0.1, 0.15) is 44.4 Å². The van der Waals surface area contributed by atoms with E-state index in [2.05, 4.69) is 15.5 Å². The zero-order valence-electron chi connectivity index (χ0n) is 13.9. The van der Waals surface area contributed by atoms with Gasteiger partial charge in [-0.1, -0.05) is 24.4 Å². The number of esters is 1. The third-order valence-electron chi connectivity index (χ3n) is 4.12. The summed E-state index contributed by atoms with van der Waals surface area (Å²) in [5.74, 6) is 0.202. The smallest absolute Gasteiger partial charge is 0.306 e. The lowest BCUT2D eigenvalue weighted by Crippen LogP contribution is -2.38. The molecule has 7 nitrogen and oxygen atoms in total. The molecule has 25 heavy (non-hydrogen) atoms. The van der Waals surface area contributed by atoms with Gasteiger partial charge in [-0.2, -0.15) is 16.3 Å². The van der Waals surface area contributed by atoms with E-state index in [1.165, 1.54) is 6.42 Å². The van der Waals surface area contributed by atoms with Gasteiger partial charge in [0, 0.05) is 23.4 Å². The first kappa shape index (κ1) is 17.6. The SMILES string of the molecule is O=C(COC(=O)CCc1nc(-c2ccsc2)no1)NC1CCCCC1. The average Bonchev–Trinajstić information content (AvgIpc) is 3.30. The van der Waals surface area contributed by atoms with Gasteiger partial charge in [0.05, 0.1) is 6.42 Å². The molecule has 0 atom stereocenters. The highest BCUT2D eigenvalue weighted by Gasteiger charge is 2.17. The molecule has 1 saturated carbocycles. The molecule has 3 rings (SSSR count). The minimum atomic E-state index is -0.450. The number of aromatic nitrogens is 2. The number of carbonyl (C=O) groups is 2. The minimum Gasteiger partial charge on any atom is -0.456 e. The zero-order valence-corrected chi connectivity index (χ0v) is 14.7. The summed E-state index contributed by atoms with van der Waals surface area (Å²) >= 11 is 1.55. The first-order valence-electron chi connectivity index (χ1n) is 8.51. The molecule has 2 heterocycles. The summed E-state index contributed by atoms with van der Waals surface area (Å²) in [6, 6.07) is 2.12. The summed E-state index contributed by atoms with van der Waals surface area (Å²) < 4.78 is 10.1. The van der Waals surface area contributed by atoms with Crippen molar-refractivity contribution in [3.63, 3.8) is 0 Å². The summed E-state index contributed by atoms with van der Waals surface area (Å²) in [7, 11) is 0. The summed E-state index contributed by atoms with van der Waals surface area (Å²) in [6.07, 6.45) is 5.91. The van der Waals surface area contributed by atoms with Gasteiger partial charge >= 0.3 is 5.97 Å². The molecule has 0 aromatic carbocycles. The van der Waals surface area contributed by atoms with E-state index in [-0.39, 0.29) is 25.0 Å². The first-order chi connectivity index (χ1) is 12.2. The number of rotatable bonds is 7. The monoisotopic (exact) mass is 363 g/mol. The molecule has 0 spiro atoms. The quantitative estimate of drug-likeness (QED) is 0.760. The Morgan fingerprint density at radius 3 is 2.92 bits per heavy atom. The lowest BCUT2D eigenvalue weighted by molar-refractivity contribution is -0.148. The van der Waals surface area contributed by atoms with E-state index < -0.39 is 5.97 Å². The van der Waals surface area contributed by atoms with Gasteiger partial charge in [-0.3, -0.25) is 9.59 Å². The van der Waals surface area contributed by atoms with E-state index in [1.807, 2.05) is 16.8 Å². The third kappa shape index (κ3) is 5.38. The highest BCUT2D eigenvalue weighted by molar-refractivity contribution is 7.08. The van der Waals surface area contributed by atoms with Gasteiger partial charge in [0.1, 0.15) is 0 Å². The van der Waals surface area contributed by atoms with Crippen LogP contribution in [0.5, 0.6) is 0 Å². The third-order valence-corrected chi connectivity index (χ3v) is 4.81. The molecule has 134 valence electrons. The van der Waals surface area contributed by atoms with Crippen molar-refractivity contribution in [1.82, 2.24) is 15.5 Å². The largest absolute Gasteiger partial charge is 0.456 e. The maximum atomic E-state index is 11.8. The van der Waals surface area contributed by atoms with E-state index in [9.17, 15) is 9.59 Å². The topological polar surface area (TPSA) is 94.3 Å². The molecule has 1 fully saturated rings. The van der Waals surface area contributed by atoms with Crippen molar-refractivity contribution in [3.8, 4) is 11.4 Å². The Morgan fingerprint density at radius 2 is 2.16 bits per heavy atom. The second kappa shape index (κ2) is 8.75. The van der Waals surface area contributed by atoms with Crippen LogP contribution in [0, 0.1) is 0 Å². The van der Waals surface area contributed by atoms with Gasteiger partial charge in [0.25, 0.3) is 5.91 Å². The summed E-state index contributed by atoms with van der Waals surface area (Å²) in [4.78, 5) is 27.8. The molecule has 0 aliphatic heterocycles. The van der Waals surface area contributed by atoms with Crippen LogP contribution in [0.3, 0.4) is 0 Å². The molecule has 0 saturated heterocycles. The van der Waals surface area contributed by atoms with Crippen molar-refractivity contribution in [1.29, 1.82) is 0 Å². The number of hydrogen-bond donors (Lipinski definition) is 1. The number of nitrogens with zero attached hydrogens (tertiary/aromatic N) is 2. The summed E-state index contributed by atoms with van der Waals surface area (Å²) in [6.45, 7) is -0.237. The van der Waals surface area contributed by atoms with Crippen molar-refractivity contribution in [2.75, 3.05) is 6.61 Å². The maximum absolute atomic E-state index is 11.8. The minimum absolute atomic E-state index is 0.0992. The molecule has 0 bridgehead atoms. The number of thiophene rings is 1. The number of ether oxygens (including phenoxy) is 1. The molecule has 8 heteroatoms. The Balaban J connectivity index is 1.36. The number of nitrogens with one attached hydrogen (secondary N) is 1. The van der Waals surface area contributed by atoms with E-state index in [0.29, 0.717) is 18.1 Å². The van der Waals surface area contributed by atoms with Crippen LogP contribution in [-0.2, 0) is 20.7 Å². The van der Waals surface area contributed by atoms with Gasteiger partial charge < -0.3 is 14.6 Å². The lowest BCUT2D eigenvalue weighted by Gasteiger charge is -2.22. The van der Waals surface area contributed by atoms with Crippen LogP contribution in [0.15, 0.2) is 21.3 Å². The van der Waals surface area contributed by atoms with E-state index in [1.54, 1.807) is 11.3 Å². The van der Waals surface area contributed by atoms with Crippen LogP contribution in [0.4, 0.5) is 0 Å². The van der Waals surface area contributed by atoms with Crippen molar-refractivity contribution in [3.05, 3.63) is 22.7 Å². The van der Waals surface area contributed by atoms with E-state index in [0.717, 1.165) is 31.2 Å². The second-order valence-corrected chi connectivity index (χ2v) is 6.87. The van der Waals surface area contributed by atoms with E-state index >= 15 is 0 Å². The van der Waals surface area contributed by atoms with Crippen molar-refractivity contribution < 1.29 is 18.8 Å². The van der Waals surface area contributed by atoms with Crippen LogP contribution in [-0.4, -0.2) is 34.7 Å². The summed E-state index contributed by atoms with van der Waals surface area (Å²) in [5, 5.41) is 10.6. The fraction of sp³-hybridized carbons (Fsp3) is 0.529. The fourth-order valence-corrected chi connectivity index (χ4v) is 3.44. The molecule has 1 aliphatic rings. The van der Waals surface area contributed by atoms with Crippen molar-refractivity contribution in [2.45, 2.75) is 51.0 Å². The van der Waals surface area contributed by atoms with E-state index in [4.69, 9.17) is 9.26 Å². The Hall–Kier alpha value is -2.22. The van der Waals surface area contributed by atoms with Crippen LogP contribution in [0.25, 0.3) is 11.4 Å². The molecule has 0 radical (unpaired) electrons. The van der Waals surface area contributed by atoms with Crippen LogP contribution in [0.2, 0.25) is 0 Å². The predicted octanol–water partition coefficient (Wildman–Crippen LogP) is 2.72. The van der Waals surface area contributed by atoms with Crippen LogP contribution < -0.4 is 5.32 Å². The molecule has 2 aromatic heterocycles. The molecule has 1 amide bonds. The number of aryl methyl sites for hydroxylation is 1. The standard InChI is InChI=1S/C17H21N3O4S/c21-14(18-13-4-2-1-3-5-13)10-23-16(22)7-6-15-19-17(20-24-15)12-8-9-25-11-12/h8-9,11,13H,1-7,10H2,(H,18,21). The lowest BCUT2D eigenvalue weighted by atomic mass is 9.95. The van der Waals surface area contributed by atoms with Crippen LogP contribution >= 0.6 is 11.3 Å². The Kier molecular flexibility index (Phi) is 6.16. The first-order valence-corrected chi connectivity index (χ1v) is 9.45. The highest BCUT2D eigenvalue weighted by atomic mass is 32.1. The van der Waals surface area contributed by atoms with Gasteiger partial charge in [-0.15, -0.1) is 0 Å². The van der Waals surface area contributed by atoms with Gasteiger partial charge in [0.2, 0.25) is 11.7 Å². The zero-order chi connectivity index (χ0) is 17.5. The predicted molar refractivity (Wildman–Crippen MR) is 91.9 cm³/mol. The Morgan fingerprint density at radius 1 is 1.32 bits per heavy atom. The molecule has 1 N–H and O–H groups in total. The average molecular weight is 363 g/mol. The molecular weight excluding hydrogens is 342 g/mol. The number of amides is 1. The Labute approximate surface area is 149 Å². The van der Waals surface area contributed by atoms with Crippen molar-refractivity contribution >= 4 is 23.2 Å². The van der Waals surface area contributed by atoms with Gasteiger partial charge in [0.15, 0.2) is 6.61 Å². The van der Waals surface area contributed by atoms with Gasteiger partial charge in [-0.25, -0.2) is 0 Å². The highest BCUT2D eigenvalue weighted by Crippen LogP contribution is 2.19. The van der Waals surface area contributed by atoms with Gasteiger partial charge in [-0.05, 0) is 24.3 Å².